The lowest BCUT2D eigenvalue weighted by atomic mass is 10.4. The van der Waals surface area contributed by atoms with Gasteiger partial charge in [-0.15, -0.1) is 5.10 Å². The average molecular weight is 293 g/mol. The maximum absolute atomic E-state index is 12.0. The summed E-state index contributed by atoms with van der Waals surface area (Å²) in [5.41, 5.74) is 1.03. The van der Waals surface area contributed by atoms with Crippen LogP contribution in [0.25, 0.3) is 0 Å². The molecule has 0 bridgehead atoms. The van der Waals surface area contributed by atoms with Crippen molar-refractivity contribution in [2.24, 2.45) is 0 Å². The molecule has 0 aliphatic carbocycles. The highest BCUT2D eigenvalue weighted by molar-refractivity contribution is 7.90. The fraction of sp³-hybridized carbons (Fsp3) is 0.375. The van der Waals surface area contributed by atoms with Gasteiger partial charge in [-0.05, 0) is 6.42 Å². The second-order valence-electron chi connectivity index (χ2n) is 3.32. The molecule has 0 radical (unpaired) electrons. The summed E-state index contributed by atoms with van der Waals surface area (Å²) in [5.74, 6) is -0.293. The Morgan fingerprint density at radius 3 is 2.82 bits per heavy atom. The molecule has 1 N–H and O–H groups in total. The van der Waals surface area contributed by atoms with Crippen molar-refractivity contribution in [3.63, 3.8) is 0 Å². The molecule has 2 rings (SSSR count). The van der Waals surface area contributed by atoms with Crippen molar-refractivity contribution in [1.82, 2.24) is 19.6 Å². The summed E-state index contributed by atoms with van der Waals surface area (Å²) < 4.78 is 27.8. The summed E-state index contributed by atoms with van der Waals surface area (Å²) in [7, 11) is -3.54. The number of halogens is 1. The van der Waals surface area contributed by atoms with Crippen LogP contribution in [0.3, 0.4) is 0 Å². The number of hydrogen-bond donors (Lipinski definition) is 1. The van der Waals surface area contributed by atoms with E-state index in [1.165, 1.54) is 6.20 Å². The number of imidazole rings is 1. The SMILES string of the molecule is CCc1cnc(S(=O)(=O)Cc2nnsc2Cl)[nH]1. The fourth-order valence-corrected chi connectivity index (χ4v) is 3.20. The van der Waals surface area contributed by atoms with E-state index in [1.807, 2.05) is 6.92 Å². The molecule has 6 nitrogen and oxygen atoms in total. The maximum atomic E-state index is 12.0. The van der Waals surface area contributed by atoms with Crippen molar-refractivity contribution in [2.45, 2.75) is 24.3 Å². The molecular formula is C8H9ClN4O2S2. The molecule has 0 saturated carbocycles. The van der Waals surface area contributed by atoms with Gasteiger partial charge in [0.05, 0.1) is 0 Å². The van der Waals surface area contributed by atoms with E-state index in [0.717, 1.165) is 17.2 Å². The standard InChI is InChI=1S/C8H9ClN4O2S2/c1-2-5-3-10-8(11-5)17(14,15)4-6-7(9)16-13-12-6/h3H,2,4H2,1H3,(H,10,11). The zero-order valence-electron chi connectivity index (χ0n) is 8.84. The van der Waals surface area contributed by atoms with Gasteiger partial charge in [-0.3, -0.25) is 0 Å². The van der Waals surface area contributed by atoms with E-state index >= 15 is 0 Å². The third-order valence-corrected chi connectivity index (χ3v) is 4.55. The van der Waals surface area contributed by atoms with Crippen LogP contribution in [-0.4, -0.2) is 28.0 Å². The van der Waals surface area contributed by atoms with E-state index < -0.39 is 9.84 Å². The predicted molar refractivity (Wildman–Crippen MR) is 63.8 cm³/mol. The summed E-state index contributed by atoms with van der Waals surface area (Å²) in [6, 6.07) is 0. The summed E-state index contributed by atoms with van der Waals surface area (Å²) in [6.45, 7) is 1.91. The highest BCUT2D eigenvalue weighted by Crippen LogP contribution is 2.21. The van der Waals surface area contributed by atoms with Gasteiger partial charge in [0, 0.05) is 23.4 Å². The molecule has 0 aliphatic heterocycles. The molecule has 92 valence electrons. The molecule has 0 saturated heterocycles. The Kier molecular flexibility index (Phi) is 3.45. The zero-order valence-corrected chi connectivity index (χ0v) is 11.2. The smallest absolute Gasteiger partial charge is 0.225 e. The highest BCUT2D eigenvalue weighted by atomic mass is 35.5. The maximum Gasteiger partial charge on any atom is 0.225 e. The lowest BCUT2D eigenvalue weighted by Crippen LogP contribution is -2.07. The van der Waals surface area contributed by atoms with Crippen LogP contribution in [-0.2, 0) is 22.0 Å². The van der Waals surface area contributed by atoms with E-state index in [2.05, 4.69) is 19.6 Å². The summed E-state index contributed by atoms with van der Waals surface area (Å²) in [4.78, 5) is 6.59. The number of H-pyrrole nitrogens is 1. The first kappa shape index (κ1) is 12.5. The van der Waals surface area contributed by atoms with Crippen molar-refractivity contribution < 1.29 is 8.42 Å². The molecule has 0 spiro atoms. The average Bonchev–Trinajstić information content (AvgIpc) is 2.88. The van der Waals surface area contributed by atoms with Gasteiger partial charge >= 0.3 is 0 Å². The van der Waals surface area contributed by atoms with Crippen LogP contribution >= 0.6 is 23.1 Å². The lowest BCUT2D eigenvalue weighted by molar-refractivity contribution is 0.587. The molecule has 17 heavy (non-hydrogen) atoms. The molecule has 0 unspecified atom stereocenters. The molecule has 0 fully saturated rings. The third-order valence-electron chi connectivity index (χ3n) is 2.12. The van der Waals surface area contributed by atoms with Crippen molar-refractivity contribution in [3.8, 4) is 0 Å². The number of aromatic amines is 1. The van der Waals surface area contributed by atoms with Crippen LogP contribution in [0.2, 0.25) is 4.34 Å². The minimum atomic E-state index is -3.54. The van der Waals surface area contributed by atoms with Gasteiger partial charge in [0.25, 0.3) is 0 Å². The largest absolute Gasteiger partial charge is 0.333 e. The first-order valence-corrected chi connectivity index (χ1v) is 7.56. The van der Waals surface area contributed by atoms with Gasteiger partial charge < -0.3 is 4.98 Å². The van der Waals surface area contributed by atoms with Gasteiger partial charge in [0.2, 0.25) is 15.0 Å². The van der Waals surface area contributed by atoms with Crippen molar-refractivity contribution >= 4 is 33.0 Å². The van der Waals surface area contributed by atoms with Crippen LogP contribution in [0.1, 0.15) is 18.3 Å². The molecule has 0 amide bonds. The summed E-state index contributed by atoms with van der Waals surface area (Å²) >= 11 is 6.72. The zero-order chi connectivity index (χ0) is 12.5. The van der Waals surface area contributed by atoms with Crippen LogP contribution in [0, 0.1) is 0 Å². The molecule has 0 aromatic carbocycles. The number of aromatic nitrogens is 4. The van der Waals surface area contributed by atoms with Crippen LogP contribution in [0.15, 0.2) is 11.4 Å². The third kappa shape index (κ3) is 2.64. The number of nitrogens with one attached hydrogen (secondary N) is 1. The Morgan fingerprint density at radius 2 is 2.29 bits per heavy atom. The fourth-order valence-electron chi connectivity index (χ4n) is 1.21. The topological polar surface area (TPSA) is 88.6 Å². The molecule has 2 aromatic rings. The van der Waals surface area contributed by atoms with E-state index in [0.29, 0.717) is 6.42 Å². The van der Waals surface area contributed by atoms with Gasteiger partial charge in [0.15, 0.2) is 0 Å². The molecule has 2 heterocycles. The quantitative estimate of drug-likeness (QED) is 0.921. The molecule has 9 heteroatoms. The Labute approximate surface area is 107 Å². The molecule has 2 aromatic heterocycles. The second kappa shape index (κ2) is 4.71. The van der Waals surface area contributed by atoms with E-state index in [-0.39, 0.29) is 20.9 Å². The van der Waals surface area contributed by atoms with Crippen molar-refractivity contribution in [1.29, 1.82) is 0 Å². The monoisotopic (exact) mass is 292 g/mol. The number of nitrogens with zero attached hydrogens (tertiary/aromatic N) is 3. The molecule has 0 aliphatic rings. The first-order chi connectivity index (χ1) is 8.03. The number of rotatable bonds is 4. The van der Waals surface area contributed by atoms with Gasteiger partial charge in [0.1, 0.15) is 15.8 Å². The number of sulfone groups is 1. The van der Waals surface area contributed by atoms with Crippen molar-refractivity contribution in [3.05, 3.63) is 21.9 Å². The lowest BCUT2D eigenvalue weighted by Gasteiger charge is -1.98. The first-order valence-electron chi connectivity index (χ1n) is 4.76. The summed E-state index contributed by atoms with van der Waals surface area (Å²) in [5, 5.41) is 3.61. The highest BCUT2D eigenvalue weighted by Gasteiger charge is 2.22. The molecular weight excluding hydrogens is 284 g/mol. The van der Waals surface area contributed by atoms with Crippen molar-refractivity contribution in [2.75, 3.05) is 0 Å². The molecule has 0 atom stereocenters. The Hall–Kier alpha value is -0.990. The van der Waals surface area contributed by atoms with Gasteiger partial charge in [-0.1, -0.05) is 23.0 Å². The number of aryl methyl sites for hydroxylation is 1. The van der Waals surface area contributed by atoms with Crippen LogP contribution < -0.4 is 0 Å². The predicted octanol–water partition coefficient (Wildman–Crippen LogP) is 1.45. The van der Waals surface area contributed by atoms with E-state index in [9.17, 15) is 8.42 Å². The van der Waals surface area contributed by atoms with Crippen LogP contribution in [0.4, 0.5) is 0 Å². The summed E-state index contributed by atoms with van der Waals surface area (Å²) in [6.07, 6.45) is 2.20. The minimum Gasteiger partial charge on any atom is -0.333 e. The van der Waals surface area contributed by atoms with Gasteiger partial charge in [-0.2, -0.15) is 0 Å². The van der Waals surface area contributed by atoms with E-state index in [1.54, 1.807) is 0 Å². The number of hydrogen-bond acceptors (Lipinski definition) is 6. The Bertz CT molecular complexity index is 619. The van der Waals surface area contributed by atoms with Crippen LogP contribution in [0.5, 0.6) is 0 Å². The normalized spacial score (nSPS) is 11.9. The Balaban J connectivity index is 2.28. The Morgan fingerprint density at radius 1 is 1.53 bits per heavy atom. The van der Waals surface area contributed by atoms with Gasteiger partial charge in [-0.25, -0.2) is 13.4 Å². The minimum absolute atomic E-state index is 0.0570. The van der Waals surface area contributed by atoms with E-state index in [4.69, 9.17) is 11.6 Å². The second-order valence-corrected chi connectivity index (χ2v) is 6.58.